The molecular formula is C20H23N3O. The number of nitrogens with one attached hydrogen (secondary N) is 1. The van der Waals surface area contributed by atoms with Crippen LogP contribution in [0.3, 0.4) is 0 Å². The summed E-state index contributed by atoms with van der Waals surface area (Å²) in [4.78, 5) is 14.6. The first kappa shape index (κ1) is 15.2. The fraction of sp³-hybridized carbons (Fsp3) is 0.350. The fourth-order valence-corrected chi connectivity index (χ4v) is 4.10. The van der Waals surface area contributed by atoms with E-state index in [4.69, 9.17) is 5.73 Å². The van der Waals surface area contributed by atoms with Crippen LogP contribution in [0.2, 0.25) is 0 Å². The molecule has 0 radical (unpaired) electrons. The van der Waals surface area contributed by atoms with E-state index in [1.807, 2.05) is 0 Å². The predicted molar refractivity (Wildman–Crippen MR) is 97.7 cm³/mol. The molecule has 0 saturated carbocycles. The van der Waals surface area contributed by atoms with E-state index in [2.05, 4.69) is 47.5 Å². The molecule has 0 bridgehead atoms. The normalized spacial score (nSPS) is 16.0. The van der Waals surface area contributed by atoms with E-state index in [-0.39, 0.29) is 5.91 Å². The first-order chi connectivity index (χ1) is 11.7. The van der Waals surface area contributed by atoms with Crippen LogP contribution < -0.4 is 16.0 Å². The summed E-state index contributed by atoms with van der Waals surface area (Å²) < 4.78 is 0. The minimum absolute atomic E-state index is 0.306. The maximum atomic E-state index is 12.3. The molecule has 124 valence electrons. The van der Waals surface area contributed by atoms with E-state index in [1.54, 1.807) is 0 Å². The van der Waals surface area contributed by atoms with Gasteiger partial charge in [-0.05, 0) is 40.3 Å². The Morgan fingerprint density at radius 2 is 1.96 bits per heavy atom. The lowest BCUT2D eigenvalue weighted by Gasteiger charge is -2.33. The third-order valence-electron chi connectivity index (χ3n) is 5.22. The van der Waals surface area contributed by atoms with Crippen molar-refractivity contribution in [3.8, 4) is 11.1 Å². The van der Waals surface area contributed by atoms with Crippen LogP contribution in [0.15, 0.2) is 30.3 Å². The standard InChI is InChI=1S/C20H23N3O/c1-2-13-11-16-15-6-4-3-5-14(15)12-17(16)19(18(13)20(21)24)23-9-7-22-8-10-23/h3-6,11,22H,2,7-10,12H2,1H3,(H2,21,24). The van der Waals surface area contributed by atoms with Crippen molar-refractivity contribution in [1.29, 1.82) is 0 Å². The molecule has 1 amide bonds. The van der Waals surface area contributed by atoms with Gasteiger partial charge in [0, 0.05) is 32.6 Å². The highest BCUT2D eigenvalue weighted by molar-refractivity contribution is 6.03. The molecule has 1 saturated heterocycles. The third-order valence-corrected chi connectivity index (χ3v) is 5.22. The molecule has 1 heterocycles. The first-order valence-corrected chi connectivity index (χ1v) is 8.73. The number of aryl methyl sites for hydroxylation is 1. The van der Waals surface area contributed by atoms with Crippen molar-refractivity contribution in [2.75, 3.05) is 31.1 Å². The molecule has 2 aliphatic rings. The summed E-state index contributed by atoms with van der Waals surface area (Å²) in [5, 5.41) is 3.39. The van der Waals surface area contributed by atoms with Gasteiger partial charge < -0.3 is 16.0 Å². The number of hydrogen-bond acceptors (Lipinski definition) is 3. The van der Waals surface area contributed by atoms with Crippen LogP contribution in [-0.2, 0) is 12.8 Å². The summed E-state index contributed by atoms with van der Waals surface area (Å²) >= 11 is 0. The topological polar surface area (TPSA) is 58.4 Å². The van der Waals surface area contributed by atoms with Crippen LogP contribution in [0, 0.1) is 0 Å². The van der Waals surface area contributed by atoms with Gasteiger partial charge in [0.2, 0.25) is 0 Å². The Kier molecular flexibility index (Phi) is 3.77. The van der Waals surface area contributed by atoms with Gasteiger partial charge in [-0.15, -0.1) is 0 Å². The van der Waals surface area contributed by atoms with Crippen molar-refractivity contribution in [2.24, 2.45) is 5.73 Å². The molecule has 4 nitrogen and oxygen atoms in total. The van der Waals surface area contributed by atoms with Crippen LogP contribution in [-0.4, -0.2) is 32.1 Å². The number of rotatable bonds is 3. The number of anilines is 1. The van der Waals surface area contributed by atoms with Crippen molar-refractivity contribution in [3.63, 3.8) is 0 Å². The molecule has 24 heavy (non-hydrogen) atoms. The lowest BCUT2D eigenvalue weighted by Crippen LogP contribution is -2.44. The predicted octanol–water partition coefficient (Wildman–Crippen LogP) is 2.33. The number of piperazine rings is 1. The number of amides is 1. The number of fused-ring (bicyclic) bond motifs is 3. The highest BCUT2D eigenvalue weighted by atomic mass is 16.1. The zero-order valence-electron chi connectivity index (χ0n) is 14.1. The first-order valence-electron chi connectivity index (χ1n) is 8.73. The monoisotopic (exact) mass is 321 g/mol. The van der Waals surface area contributed by atoms with Crippen molar-refractivity contribution >= 4 is 11.6 Å². The molecule has 2 aromatic rings. The van der Waals surface area contributed by atoms with Crippen LogP contribution in [0.5, 0.6) is 0 Å². The summed E-state index contributed by atoms with van der Waals surface area (Å²) in [6.07, 6.45) is 1.70. The molecule has 0 aromatic heterocycles. The number of nitrogens with two attached hydrogens (primary N) is 1. The Bertz CT molecular complexity index is 807. The second kappa shape index (κ2) is 5.95. The fourth-order valence-electron chi connectivity index (χ4n) is 4.10. The highest BCUT2D eigenvalue weighted by Gasteiger charge is 2.29. The summed E-state index contributed by atoms with van der Waals surface area (Å²) in [5.74, 6) is -0.306. The molecule has 0 atom stereocenters. The number of carbonyl (C=O) groups is 1. The maximum absolute atomic E-state index is 12.3. The Hall–Kier alpha value is -2.33. The molecule has 0 spiro atoms. The van der Waals surface area contributed by atoms with Crippen molar-refractivity contribution in [2.45, 2.75) is 19.8 Å². The van der Waals surface area contributed by atoms with E-state index in [1.165, 1.54) is 22.3 Å². The molecule has 0 unspecified atom stereocenters. The minimum Gasteiger partial charge on any atom is -0.368 e. The average Bonchev–Trinajstić information content (AvgIpc) is 2.99. The minimum atomic E-state index is -0.306. The van der Waals surface area contributed by atoms with Crippen LogP contribution >= 0.6 is 0 Å². The quantitative estimate of drug-likeness (QED) is 0.778. The van der Waals surface area contributed by atoms with Crippen molar-refractivity contribution in [3.05, 3.63) is 52.6 Å². The van der Waals surface area contributed by atoms with Gasteiger partial charge in [-0.3, -0.25) is 4.79 Å². The number of nitrogens with zero attached hydrogens (tertiary/aromatic N) is 1. The summed E-state index contributed by atoms with van der Waals surface area (Å²) in [5.41, 5.74) is 13.9. The Morgan fingerprint density at radius 3 is 2.67 bits per heavy atom. The van der Waals surface area contributed by atoms with Gasteiger partial charge in [0.25, 0.3) is 5.91 Å². The van der Waals surface area contributed by atoms with Gasteiger partial charge in [0.15, 0.2) is 0 Å². The lowest BCUT2D eigenvalue weighted by atomic mass is 9.92. The molecule has 2 aromatic carbocycles. The molecule has 1 aliphatic carbocycles. The molecule has 1 fully saturated rings. The van der Waals surface area contributed by atoms with Gasteiger partial charge >= 0.3 is 0 Å². The molecule has 1 aliphatic heterocycles. The molecule has 3 N–H and O–H groups in total. The smallest absolute Gasteiger partial charge is 0.251 e. The lowest BCUT2D eigenvalue weighted by molar-refractivity contribution is 0.1000. The van der Waals surface area contributed by atoms with Crippen molar-refractivity contribution in [1.82, 2.24) is 5.32 Å². The van der Waals surface area contributed by atoms with Gasteiger partial charge in [-0.1, -0.05) is 31.2 Å². The van der Waals surface area contributed by atoms with Gasteiger partial charge in [0.05, 0.1) is 11.3 Å². The van der Waals surface area contributed by atoms with E-state index >= 15 is 0 Å². The third kappa shape index (κ3) is 2.29. The van der Waals surface area contributed by atoms with E-state index in [0.717, 1.165) is 55.8 Å². The number of benzene rings is 2. The Morgan fingerprint density at radius 1 is 1.21 bits per heavy atom. The number of carbonyl (C=O) groups excluding carboxylic acids is 1. The molecule has 4 rings (SSSR count). The van der Waals surface area contributed by atoms with Crippen LogP contribution in [0.25, 0.3) is 11.1 Å². The van der Waals surface area contributed by atoms with E-state index in [9.17, 15) is 4.79 Å². The Labute approximate surface area is 142 Å². The largest absolute Gasteiger partial charge is 0.368 e. The number of hydrogen-bond donors (Lipinski definition) is 2. The molecule has 4 heteroatoms. The molecular weight excluding hydrogens is 298 g/mol. The summed E-state index contributed by atoms with van der Waals surface area (Å²) in [6, 6.07) is 10.7. The van der Waals surface area contributed by atoms with E-state index < -0.39 is 0 Å². The Balaban J connectivity index is 1.97. The SMILES string of the molecule is CCc1cc2c(c(N3CCNCC3)c1C(N)=O)Cc1ccccc1-2. The summed E-state index contributed by atoms with van der Waals surface area (Å²) in [6.45, 7) is 5.80. The van der Waals surface area contributed by atoms with E-state index in [0.29, 0.717) is 0 Å². The maximum Gasteiger partial charge on any atom is 0.251 e. The van der Waals surface area contributed by atoms with Crippen LogP contribution in [0.4, 0.5) is 5.69 Å². The second-order valence-corrected chi connectivity index (χ2v) is 6.57. The van der Waals surface area contributed by atoms with Gasteiger partial charge in [0.1, 0.15) is 0 Å². The van der Waals surface area contributed by atoms with Gasteiger partial charge in [-0.2, -0.15) is 0 Å². The summed E-state index contributed by atoms with van der Waals surface area (Å²) in [7, 11) is 0. The highest BCUT2D eigenvalue weighted by Crippen LogP contribution is 2.44. The zero-order valence-corrected chi connectivity index (χ0v) is 14.1. The van der Waals surface area contributed by atoms with Crippen molar-refractivity contribution < 1.29 is 4.79 Å². The average molecular weight is 321 g/mol. The second-order valence-electron chi connectivity index (χ2n) is 6.57. The van der Waals surface area contributed by atoms with Gasteiger partial charge in [-0.25, -0.2) is 0 Å². The number of primary amides is 1. The van der Waals surface area contributed by atoms with Crippen LogP contribution in [0.1, 0.15) is 34.0 Å². The zero-order chi connectivity index (χ0) is 16.7.